The molecule has 2 aliphatic rings. The largest absolute Gasteiger partial charge is 0.382 e. The van der Waals surface area contributed by atoms with Gasteiger partial charge in [0.2, 0.25) is 6.35 Å². The van der Waals surface area contributed by atoms with E-state index in [2.05, 4.69) is 43.2 Å². The van der Waals surface area contributed by atoms with E-state index in [0.29, 0.717) is 11.5 Å². The van der Waals surface area contributed by atoms with Crippen LogP contribution in [0.1, 0.15) is 0 Å². The summed E-state index contributed by atoms with van der Waals surface area (Å²) < 4.78 is -0.00542. The Hall–Kier alpha value is -0.250. The Morgan fingerprint density at radius 2 is 2.17 bits per heavy atom. The van der Waals surface area contributed by atoms with Crippen LogP contribution in [0.3, 0.4) is 0 Å². The summed E-state index contributed by atoms with van der Waals surface area (Å²) >= 11 is 2.12. The summed E-state index contributed by atoms with van der Waals surface area (Å²) in [4.78, 5) is 7.91. The third-order valence-corrected chi connectivity index (χ3v) is 2.31. The van der Waals surface area contributed by atoms with Crippen LogP contribution >= 0.6 is 22.6 Å². The summed E-state index contributed by atoms with van der Waals surface area (Å²) in [7, 11) is 0. The summed E-state index contributed by atoms with van der Waals surface area (Å²) in [6, 6.07) is 0. The zero-order valence-corrected chi connectivity index (χ0v) is 8.19. The van der Waals surface area contributed by atoms with Crippen molar-refractivity contribution in [2.24, 2.45) is 15.7 Å². The molecule has 3 atom stereocenters. The van der Waals surface area contributed by atoms with Crippen LogP contribution in [0.4, 0.5) is 0 Å². The summed E-state index contributed by atoms with van der Waals surface area (Å²) in [6.07, 6.45) is -1.09. The predicted molar refractivity (Wildman–Crippen MR) is 52.9 cm³/mol. The van der Waals surface area contributed by atoms with Gasteiger partial charge in [0.25, 0.3) is 0 Å². The van der Waals surface area contributed by atoms with Gasteiger partial charge in [0.1, 0.15) is 17.7 Å². The van der Waals surface area contributed by atoms with Gasteiger partial charge in [0.05, 0.1) is 0 Å². The van der Waals surface area contributed by atoms with Crippen LogP contribution in [-0.4, -0.2) is 33.3 Å². The number of halogens is 1. The lowest BCUT2D eigenvalue weighted by atomic mass is 10.2. The molecule has 0 saturated heterocycles. The van der Waals surface area contributed by atoms with Crippen LogP contribution in [0.15, 0.2) is 9.98 Å². The molecule has 0 spiro atoms. The maximum atomic E-state index is 9.14. The molecule has 2 rings (SSSR count). The first kappa shape index (κ1) is 8.35. The van der Waals surface area contributed by atoms with E-state index in [9.17, 15) is 0 Å². The van der Waals surface area contributed by atoms with Crippen molar-refractivity contribution in [1.82, 2.24) is 10.6 Å². The number of aliphatic hydroxyl groups is 1. The predicted octanol–water partition coefficient (Wildman–Crippen LogP) is -1.69. The van der Waals surface area contributed by atoms with Gasteiger partial charge >= 0.3 is 0 Å². The number of fused-ring (bicyclic) bond motifs is 1. The standard InChI is InChI=1S/C5H8IN5O/c6-4-8-1-2(7)9-5(12)11-3(1)10-4/h3-5,10-12H,(H2,7,9). The van der Waals surface area contributed by atoms with Crippen molar-refractivity contribution >= 4 is 34.1 Å². The van der Waals surface area contributed by atoms with Gasteiger partial charge in [-0.05, 0) is 22.6 Å². The Morgan fingerprint density at radius 1 is 1.42 bits per heavy atom. The minimum atomic E-state index is -0.928. The lowest BCUT2D eigenvalue weighted by Crippen LogP contribution is -2.56. The lowest BCUT2D eigenvalue weighted by molar-refractivity contribution is 0.134. The fourth-order valence-corrected chi connectivity index (χ4v) is 1.84. The van der Waals surface area contributed by atoms with Crippen molar-refractivity contribution in [3.8, 4) is 0 Å². The first-order valence-corrected chi connectivity index (χ1v) is 4.67. The molecule has 0 aromatic rings. The minimum absolute atomic E-state index is 0.00542. The monoisotopic (exact) mass is 281 g/mol. The molecule has 0 aromatic carbocycles. The van der Waals surface area contributed by atoms with Crippen molar-refractivity contribution in [3.63, 3.8) is 0 Å². The number of aliphatic imine (C=N–C) groups is 2. The number of amidine groups is 1. The fraction of sp³-hybridized carbons (Fsp3) is 0.600. The van der Waals surface area contributed by atoms with E-state index in [1.165, 1.54) is 0 Å². The smallest absolute Gasteiger partial charge is 0.205 e. The maximum Gasteiger partial charge on any atom is 0.205 e. The summed E-state index contributed by atoms with van der Waals surface area (Å²) in [5, 5.41) is 15.0. The quantitative estimate of drug-likeness (QED) is 0.242. The van der Waals surface area contributed by atoms with Crippen LogP contribution in [-0.2, 0) is 0 Å². The highest BCUT2D eigenvalue weighted by atomic mass is 127. The molecule has 7 heteroatoms. The highest BCUT2D eigenvalue weighted by molar-refractivity contribution is 14.1. The van der Waals surface area contributed by atoms with Gasteiger partial charge in [-0.3, -0.25) is 15.6 Å². The molecule has 2 heterocycles. The molecule has 0 amide bonds. The van der Waals surface area contributed by atoms with Crippen molar-refractivity contribution in [2.45, 2.75) is 16.7 Å². The molecule has 2 aliphatic heterocycles. The molecule has 0 aromatic heterocycles. The number of aliphatic hydroxyl groups excluding tert-OH is 1. The van der Waals surface area contributed by atoms with Crippen molar-refractivity contribution in [1.29, 1.82) is 0 Å². The molecule has 0 aliphatic carbocycles. The highest BCUT2D eigenvalue weighted by Gasteiger charge is 2.32. The lowest BCUT2D eigenvalue weighted by Gasteiger charge is -2.22. The Kier molecular flexibility index (Phi) is 2.02. The number of nitrogens with one attached hydrogen (secondary N) is 2. The second-order valence-electron chi connectivity index (χ2n) is 2.50. The molecule has 5 N–H and O–H groups in total. The zero-order valence-electron chi connectivity index (χ0n) is 6.03. The Morgan fingerprint density at radius 3 is 2.92 bits per heavy atom. The first-order chi connectivity index (χ1) is 5.66. The number of hydrogen-bond acceptors (Lipinski definition) is 6. The Bertz CT molecular complexity index is 265. The van der Waals surface area contributed by atoms with E-state index < -0.39 is 6.35 Å². The van der Waals surface area contributed by atoms with Crippen LogP contribution in [0, 0.1) is 0 Å². The van der Waals surface area contributed by atoms with Crippen molar-refractivity contribution in [3.05, 3.63) is 0 Å². The molecule has 12 heavy (non-hydrogen) atoms. The molecule has 3 unspecified atom stereocenters. The molecule has 6 nitrogen and oxygen atoms in total. The van der Waals surface area contributed by atoms with Crippen molar-refractivity contribution in [2.75, 3.05) is 0 Å². The number of hydrogen-bond donors (Lipinski definition) is 4. The second kappa shape index (κ2) is 2.91. The fourth-order valence-electron chi connectivity index (χ4n) is 1.18. The van der Waals surface area contributed by atoms with Crippen LogP contribution in [0.5, 0.6) is 0 Å². The average molecular weight is 281 g/mol. The molecule has 0 radical (unpaired) electrons. The molecule has 0 fully saturated rings. The topological polar surface area (TPSA) is 95.0 Å². The molecular formula is C5H8IN5O. The molecule has 0 saturated carbocycles. The summed E-state index contributed by atoms with van der Waals surface area (Å²) in [5.74, 6) is 0.304. The average Bonchev–Trinajstić information content (AvgIpc) is 2.29. The van der Waals surface area contributed by atoms with E-state index in [4.69, 9.17) is 10.8 Å². The van der Waals surface area contributed by atoms with E-state index in [-0.39, 0.29) is 10.3 Å². The highest BCUT2D eigenvalue weighted by Crippen LogP contribution is 2.11. The number of nitrogens with zero attached hydrogens (tertiary/aromatic N) is 2. The second-order valence-corrected chi connectivity index (χ2v) is 3.68. The summed E-state index contributed by atoms with van der Waals surface area (Å²) in [6.45, 7) is 0. The van der Waals surface area contributed by atoms with Gasteiger partial charge in [-0.15, -0.1) is 0 Å². The van der Waals surface area contributed by atoms with Crippen LogP contribution < -0.4 is 16.4 Å². The number of alkyl halides is 1. The van der Waals surface area contributed by atoms with E-state index in [1.807, 2.05) is 0 Å². The first-order valence-electron chi connectivity index (χ1n) is 3.42. The normalized spacial score (nSPS) is 40.3. The van der Waals surface area contributed by atoms with E-state index >= 15 is 0 Å². The van der Waals surface area contributed by atoms with E-state index in [1.54, 1.807) is 0 Å². The number of rotatable bonds is 0. The van der Waals surface area contributed by atoms with Gasteiger partial charge < -0.3 is 10.8 Å². The number of nitrogens with two attached hydrogens (primary N) is 1. The van der Waals surface area contributed by atoms with Gasteiger partial charge in [0, 0.05) is 0 Å². The van der Waals surface area contributed by atoms with Crippen molar-refractivity contribution < 1.29 is 5.11 Å². The zero-order chi connectivity index (χ0) is 8.72. The maximum absolute atomic E-state index is 9.14. The van der Waals surface area contributed by atoms with E-state index in [0.717, 1.165) is 0 Å². The van der Waals surface area contributed by atoms with Crippen LogP contribution in [0.2, 0.25) is 0 Å². The van der Waals surface area contributed by atoms with Gasteiger partial charge in [-0.1, -0.05) is 0 Å². The van der Waals surface area contributed by atoms with Gasteiger partial charge in [-0.25, -0.2) is 4.99 Å². The van der Waals surface area contributed by atoms with Crippen LogP contribution in [0.25, 0.3) is 0 Å². The SMILES string of the molecule is NC1=NC(O)NC2NC(I)N=C12. The minimum Gasteiger partial charge on any atom is -0.382 e. The van der Waals surface area contributed by atoms with Gasteiger partial charge in [-0.2, -0.15) is 0 Å². The molecule has 0 bridgehead atoms. The third kappa shape index (κ3) is 1.32. The Balaban J connectivity index is 2.28. The third-order valence-electron chi connectivity index (χ3n) is 1.67. The Labute approximate surface area is 82.5 Å². The summed E-state index contributed by atoms with van der Waals surface area (Å²) in [5.41, 5.74) is 6.23. The van der Waals surface area contributed by atoms with Gasteiger partial charge in [0.15, 0.2) is 4.17 Å². The molecule has 66 valence electrons. The molecular weight excluding hydrogens is 273 g/mol.